The zero-order valence-electron chi connectivity index (χ0n) is 9.11. The monoisotopic (exact) mass is 246 g/mol. The summed E-state index contributed by atoms with van der Waals surface area (Å²) in [6.45, 7) is -0.105. The van der Waals surface area contributed by atoms with Gasteiger partial charge in [-0.1, -0.05) is 0 Å². The van der Waals surface area contributed by atoms with Gasteiger partial charge in [-0.3, -0.25) is 4.79 Å². The van der Waals surface area contributed by atoms with E-state index in [0.29, 0.717) is 0 Å². The van der Waals surface area contributed by atoms with Crippen molar-refractivity contribution in [3.63, 3.8) is 0 Å². The molecule has 0 aliphatic rings. The molecule has 17 heavy (non-hydrogen) atoms. The van der Waals surface area contributed by atoms with E-state index in [4.69, 9.17) is 5.73 Å². The first-order valence-corrected chi connectivity index (χ1v) is 4.76. The summed E-state index contributed by atoms with van der Waals surface area (Å²) >= 11 is 0. The molecule has 0 fully saturated rings. The number of aromatic nitrogens is 1. The number of ether oxygens (including phenoxy) is 1. The highest BCUT2D eigenvalue weighted by molar-refractivity contribution is 5.73. The summed E-state index contributed by atoms with van der Waals surface area (Å²) in [5.74, 6) is -1.22. The number of carbonyl (C=O) groups is 1. The Bertz CT molecular complexity index is 424. The van der Waals surface area contributed by atoms with Gasteiger partial charge in [-0.05, 0) is 11.6 Å². The second-order valence-corrected chi connectivity index (χ2v) is 3.26. The lowest BCUT2D eigenvalue weighted by Gasteiger charge is -2.10. The van der Waals surface area contributed by atoms with Gasteiger partial charge in [0.15, 0.2) is 0 Å². The van der Waals surface area contributed by atoms with E-state index in [-0.39, 0.29) is 24.2 Å². The number of methoxy groups -OCH3 is 1. The number of aromatic hydroxyl groups is 1. The molecule has 1 aromatic heterocycles. The molecule has 1 heterocycles. The van der Waals surface area contributed by atoms with Gasteiger partial charge in [0.05, 0.1) is 19.2 Å². The quantitative estimate of drug-likeness (QED) is 0.771. The lowest BCUT2D eigenvalue weighted by atomic mass is 10.1. The first kappa shape index (κ1) is 13.3. The van der Waals surface area contributed by atoms with E-state index in [1.807, 2.05) is 0 Å². The molecule has 94 valence electrons. The van der Waals surface area contributed by atoms with Crippen molar-refractivity contribution in [3.8, 4) is 5.75 Å². The molecule has 0 aliphatic carbocycles. The molecule has 1 aromatic rings. The number of hydrogen-bond donors (Lipinski definition) is 2. The third-order valence-corrected chi connectivity index (χ3v) is 2.16. The number of nitrogens with zero attached hydrogens (tertiary/aromatic N) is 1. The lowest BCUT2D eigenvalue weighted by molar-refractivity contribution is -0.139. The Morgan fingerprint density at radius 2 is 2.29 bits per heavy atom. The van der Waals surface area contributed by atoms with Crippen molar-refractivity contribution in [3.05, 3.63) is 23.0 Å². The standard InChI is InChI=1S/C10H12F2N2O3/c1-17-8(16)3-5-2-7(15)9(10(11)12)14-6(5)4-13/h2,10,15H,3-4,13H2,1H3. The highest BCUT2D eigenvalue weighted by atomic mass is 19.3. The molecule has 0 bridgehead atoms. The predicted molar refractivity (Wildman–Crippen MR) is 54.5 cm³/mol. The average Bonchev–Trinajstić information content (AvgIpc) is 2.28. The smallest absolute Gasteiger partial charge is 0.310 e. The normalized spacial score (nSPS) is 10.6. The van der Waals surface area contributed by atoms with Gasteiger partial charge in [-0.15, -0.1) is 0 Å². The van der Waals surface area contributed by atoms with Crippen molar-refractivity contribution in [2.75, 3.05) is 7.11 Å². The van der Waals surface area contributed by atoms with E-state index >= 15 is 0 Å². The number of nitrogens with two attached hydrogens (primary N) is 1. The Morgan fingerprint density at radius 1 is 1.65 bits per heavy atom. The third kappa shape index (κ3) is 3.10. The van der Waals surface area contributed by atoms with Gasteiger partial charge in [0.2, 0.25) is 0 Å². The minimum absolute atomic E-state index is 0.105. The molecule has 0 amide bonds. The Morgan fingerprint density at radius 3 is 2.76 bits per heavy atom. The number of hydrogen-bond acceptors (Lipinski definition) is 5. The number of halogens is 2. The van der Waals surface area contributed by atoms with Gasteiger partial charge in [-0.25, -0.2) is 13.8 Å². The highest BCUT2D eigenvalue weighted by Crippen LogP contribution is 2.28. The molecular weight excluding hydrogens is 234 g/mol. The van der Waals surface area contributed by atoms with Crippen LogP contribution in [0.5, 0.6) is 5.75 Å². The van der Waals surface area contributed by atoms with Crippen LogP contribution < -0.4 is 5.73 Å². The molecule has 0 aromatic carbocycles. The van der Waals surface area contributed by atoms with Gasteiger partial charge >= 0.3 is 5.97 Å². The van der Waals surface area contributed by atoms with Crippen LogP contribution in [0.15, 0.2) is 6.07 Å². The van der Waals surface area contributed by atoms with Crippen molar-refractivity contribution in [2.24, 2.45) is 5.73 Å². The Kier molecular flexibility index (Phi) is 4.33. The second-order valence-electron chi connectivity index (χ2n) is 3.26. The number of carbonyl (C=O) groups excluding carboxylic acids is 1. The van der Waals surface area contributed by atoms with Crippen LogP contribution in [0.2, 0.25) is 0 Å². The molecule has 0 saturated carbocycles. The van der Waals surface area contributed by atoms with Gasteiger partial charge in [-0.2, -0.15) is 0 Å². The first-order valence-electron chi connectivity index (χ1n) is 4.76. The van der Waals surface area contributed by atoms with Gasteiger partial charge in [0.1, 0.15) is 11.4 Å². The first-order chi connectivity index (χ1) is 7.99. The van der Waals surface area contributed by atoms with Crippen LogP contribution in [0.1, 0.15) is 23.4 Å². The minimum Gasteiger partial charge on any atom is -0.506 e. The van der Waals surface area contributed by atoms with E-state index in [2.05, 4.69) is 9.72 Å². The second kappa shape index (κ2) is 5.53. The van der Waals surface area contributed by atoms with Crippen LogP contribution in [0, 0.1) is 0 Å². The van der Waals surface area contributed by atoms with Crippen LogP contribution >= 0.6 is 0 Å². The predicted octanol–water partition coefficient (Wildman–Crippen LogP) is 0.899. The number of esters is 1. The van der Waals surface area contributed by atoms with Crippen molar-refractivity contribution >= 4 is 5.97 Å². The van der Waals surface area contributed by atoms with E-state index < -0.39 is 23.8 Å². The van der Waals surface area contributed by atoms with Crippen LogP contribution in [0.25, 0.3) is 0 Å². The lowest BCUT2D eigenvalue weighted by Crippen LogP contribution is -2.12. The maximum absolute atomic E-state index is 12.4. The summed E-state index contributed by atoms with van der Waals surface area (Å²) in [6.07, 6.45) is -3.07. The zero-order chi connectivity index (χ0) is 13.0. The molecule has 0 aliphatic heterocycles. The van der Waals surface area contributed by atoms with Crippen molar-refractivity contribution in [1.29, 1.82) is 0 Å². The van der Waals surface area contributed by atoms with E-state index in [1.54, 1.807) is 0 Å². The van der Waals surface area contributed by atoms with Crippen LogP contribution in [-0.2, 0) is 22.5 Å². The fourth-order valence-corrected chi connectivity index (χ4v) is 1.31. The highest BCUT2D eigenvalue weighted by Gasteiger charge is 2.19. The summed E-state index contributed by atoms with van der Waals surface area (Å²) in [6, 6.07) is 1.06. The number of alkyl halides is 2. The molecule has 3 N–H and O–H groups in total. The SMILES string of the molecule is COC(=O)Cc1cc(O)c(C(F)F)nc1CN. The largest absolute Gasteiger partial charge is 0.506 e. The van der Waals surface area contributed by atoms with Gasteiger partial charge < -0.3 is 15.6 Å². The Hall–Kier alpha value is -1.76. The fraction of sp³-hybridized carbons (Fsp3) is 0.400. The molecular formula is C10H12F2N2O3. The molecule has 0 unspecified atom stereocenters. The van der Waals surface area contributed by atoms with E-state index in [9.17, 15) is 18.7 Å². The maximum atomic E-state index is 12.4. The Balaban J connectivity index is 3.14. The van der Waals surface area contributed by atoms with E-state index in [1.165, 1.54) is 7.11 Å². The maximum Gasteiger partial charge on any atom is 0.310 e. The van der Waals surface area contributed by atoms with Crippen LogP contribution in [0.4, 0.5) is 8.78 Å². The van der Waals surface area contributed by atoms with Gasteiger partial charge in [0, 0.05) is 6.54 Å². The third-order valence-electron chi connectivity index (χ3n) is 2.16. The topological polar surface area (TPSA) is 85.4 Å². The minimum atomic E-state index is -2.90. The molecule has 5 nitrogen and oxygen atoms in total. The van der Waals surface area contributed by atoms with E-state index in [0.717, 1.165) is 6.07 Å². The van der Waals surface area contributed by atoms with Crippen molar-refractivity contribution in [2.45, 2.75) is 19.4 Å². The average molecular weight is 246 g/mol. The molecule has 7 heteroatoms. The fourth-order valence-electron chi connectivity index (χ4n) is 1.31. The number of rotatable bonds is 4. The summed E-state index contributed by atoms with van der Waals surface area (Å²) in [7, 11) is 1.20. The molecule has 0 saturated heterocycles. The van der Waals surface area contributed by atoms with Crippen molar-refractivity contribution in [1.82, 2.24) is 4.98 Å². The van der Waals surface area contributed by atoms with Crippen LogP contribution in [-0.4, -0.2) is 23.2 Å². The summed E-state index contributed by atoms with van der Waals surface area (Å²) in [5.41, 5.74) is 5.03. The molecule has 0 spiro atoms. The zero-order valence-corrected chi connectivity index (χ0v) is 9.11. The summed E-state index contributed by atoms with van der Waals surface area (Å²) < 4.78 is 29.3. The summed E-state index contributed by atoms with van der Waals surface area (Å²) in [4.78, 5) is 14.6. The van der Waals surface area contributed by atoms with Crippen molar-refractivity contribution < 1.29 is 23.4 Å². The molecule has 0 radical (unpaired) electrons. The number of pyridine rings is 1. The Labute approximate surface area is 96.2 Å². The summed E-state index contributed by atoms with van der Waals surface area (Å²) in [5, 5.41) is 9.33. The molecule has 1 rings (SSSR count). The van der Waals surface area contributed by atoms with Gasteiger partial charge in [0.25, 0.3) is 6.43 Å². The van der Waals surface area contributed by atoms with Crippen LogP contribution in [0.3, 0.4) is 0 Å². The molecule has 0 atom stereocenters.